The Morgan fingerprint density at radius 2 is 1.76 bits per heavy atom. The van der Waals surface area contributed by atoms with Gasteiger partial charge in [0.15, 0.2) is 0 Å². The predicted molar refractivity (Wildman–Crippen MR) is 112 cm³/mol. The molecular weight excluding hydrogens is 392 g/mol. The Kier molecular flexibility index (Phi) is 6.87. The molecule has 0 atom stereocenters. The highest BCUT2D eigenvalue weighted by Crippen LogP contribution is 2.27. The Hall–Kier alpha value is -2.87. The number of aryl methyl sites for hydroxylation is 1. The zero-order valence-electron chi connectivity index (χ0n) is 16.8. The van der Waals surface area contributed by atoms with Gasteiger partial charge in [-0.1, -0.05) is 6.92 Å². The number of hydrogen-bond acceptors (Lipinski definition) is 7. The SMILES string of the molecule is CCCOc1ccc(OCCn2cnc3sc(C(=O)OCC)c(C)c3c2=O)cc1. The van der Waals surface area contributed by atoms with Crippen molar-refractivity contribution in [1.29, 1.82) is 0 Å². The van der Waals surface area contributed by atoms with Crippen LogP contribution in [0.2, 0.25) is 0 Å². The maximum absolute atomic E-state index is 12.8. The zero-order valence-corrected chi connectivity index (χ0v) is 17.6. The topological polar surface area (TPSA) is 79.7 Å². The third kappa shape index (κ3) is 4.76. The average Bonchev–Trinajstić information content (AvgIpc) is 3.06. The molecule has 8 heteroatoms. The van der Waals surface area contributed by atoms with E-state index in [-0.39, 0.29) is 12.2 Å². The van der Waals surface area contributed by atoms with E-state index >= 15 is 0 Å². The molecule has 2 aromatic heterocycles. The molecule has 0 amide bonds. The number of carbonyl (C=O) groups excluding carboxylic acids is 1. The molecular formula is C21H24N2O5S. The summed E-state index contributed by atoms with van der Waals surface area (Å²) in [6.07, 6.45) is 2.44. The van der Waals surface area contributed by atoms with Crippen LogP contribution in [0, 0.1) is 6.92 Å². The van der Waals surface area contributed by atoms with Gasteiger partial charge in [0.05, 0.1) is 31.5 Å². The van der Waals surface area contributed by atoms with Gasteiger partial charge in [-0.15, -0.1) is 11.3 Å². The third-order valence-corrected chi connectivity index (χ3v) is 5.46. The second-order valence-corrected chi connectivity index (χ2v) is 7.37. The van der Waals surface area contributed by atoms with Crippen molar-refractivity contribution in [3.63, 3.8) is 0 Å². The number of fused-ring (bicyclic) bond motifs is 1. The Bertz CT molecular complexity index is 1040. The highest BCUT2D eigenvalue weighted by Gasteiger charge is 2.20. The van der Waals surface area contributed by atoms with Crippen LogP contribution in [0.4, 0.5) is 0 Å². The van der Waals surface area contributed by atoms with E-state index in [9.17, 15) is 9.59 Å². The maximum Gasteiger partial charge on any atom is 0.348 e. The van der Waals surface area contributed by atoms with E-state index < -0.39 is 5.97 Å². The summed E-state index contributed by atoms with van der Waals surface area (Å²) in [5, 5.41) is 0.456. The maximum atomic E-state index is 12.8. The van der Waals surface area contributed by atoms with Crippen LogP contribution in [-0.4, -0.2) is 35.3 Å². The molecule has 7 nitrogen and oxygen atoms in total. The van der Waals surface area contributed by atoms with Crippen LogP contribution in [0.1, 0.15) is 35.5 Å². The van der Waals surface area contributed by atoms with E-state index in [1.807, 2.05) is 24.3 Å². The molecule has 0 aliphatic heterocycles. The molecule has 1 aromatic carbocycles. The number of hydrogen-bond donors (Lipinski definition) is 0. The van der Waals surface area contributed by atoms with Gasteiger partial charge in [0.1, 0.15) is 27.8 Å². The molecule has 29 heavy (non-hydrogen) atoms. The Morgan fingerprint density at radius 1 is 1.10 bits per heavy atom. The van der Waals surface area contributed by atoms with Crippen molar-refractivity contribution in [2.45, 2.75) is 33.7 Å². The lowest BCUT2D eigenvalue weighted by molar-refractivity contribution is 0.0531. The van der Waals surface area contributed by atoms with Crippen molar-refractivity contribution in [3.05, 3.63) is 51.4 Å². The molecule has 0 saturated carbocycles. The molecule has 154 valence electrons. The fourth-order valence-corrected chi connectivity index (χ4v) is 3.86. The van der Waals surface area contributed by atoms with Gasteiger partial charge < -0.3 is 14.2 Å². The summed E-state index contributed by atoms with van der Waals surface area (Å²) in [6, 6.07) is 7.39. The van der Waals surface area contributed by atoms with Crippen LogP contribution < -0.4 is 15.0 Å². The minimum atomic E-state index is -0.423. The number of thiophene rings is 1. The van der Waals surface area contributed by atoms with Gasteiger partial charge in [0.2, 0.25) is 0 Å². The fourth-order valence-electron chi connectivity index (χ4n) is 2.82. The van der Waals surface area contributed by atoms with Crippen LogP contribution >= 0.6 is 11.3 Å². The molecule has 0 aliphatic rings. The number of benzene rings is 1. The molecule has 0 fully saturated rings. The van der Waals surface area contributed by atoms with E-state index in [0.29, 0.717) is 46.2 Å². The summed E-state index contributed by atoms with van der Waals surface area (Å²) in [6.45, 7) is 7.18. The minimum absolute atomic E-state index is 0.189. The van der Waals surface area contributed by atoms with Gasteiger partial charge in [0.25, 0.3) is 5.56 Å². The van der Waals surface area contributed by atoms with Crippen LogP contribution in [0.5, 0.6) is 11.5 Å². The highest BCUT2D eigenvalue weighted by molar-refractivity contribution is 7.20. The third-order valence-electron chi connectivity index (χ3n) is 4.28. The molecule has 0 saturated heterocycles. The largest absolute Gasteiger partial charge is 0.494 e. The zero-order chi connectivity index (χ0) is 20.8. The Balaban J connectivity index is 1.69. The van der Waals surface area contributed by atoms with Crippen molar-refractivity contribution >= 4 is 27.5 Å². The molecule has 2 heterocycles. The van der Waals surface area contributed by atoms with E-state index in [1.54, 1.807) is 13.8 Å². The van der Waals surface area contributed by atoms with Gasteiger partial charge in [-0.05, 0) is 50.1 Å². The fraction of sp³-hybridized carbons (Fsp3) is 0.381. The Morgan fingerprint density at radius 3 is 2.38 bits per heavy atom. The smallest absolute Gasteiger partial charge is 0.348 e. The predicted octanol–water partition coefficient (Wildman–Crippen LogP) is 3.81. The first-order chi connectivity index (χ1) is 14.0. The summed E-state index contributed by atoms with van der Waals surface area (Å²) in [7, 11) is 0. The Labute approximate surface area is 172 Å². The summed E-state index contributed by atoms with van der Waals surface area (Å²) in [5.74, 6) is 1.08. The van der Waals surface area contributed by atoms with Crippen molar-refractivity contribution in [1.82, 2.24) is 9.55 Å². The van der Waals surface area contributed by atoms with Gasteiger partial charge in [-0.3, -0.25) is 9.36 Å². The van der Waals surface area contributed by atoms with E-state index in [4.69, 9.17) is 14.2 Å². The van der Waals surface area contributed by atoms with Crippen LogP contribution in [0.25, 0.3) is 10.2 Å². The molecule has 3 rings (SSSR count). The number of nitrogens with zero attached hydrogens (tertiary/aromatic N) is 2. The second kappa shape index (κ2) is 9.56. The number of ether oxygens (including phenoxy) is 3. The van der Waals surface area contributed by atoms with Crippen LogP contribution in [0.15, 0.2) is 35.4 Å². The van der Waals surface area contributed by atoms with Gasteiger partial charge in [0, 0.05) is 0 Å². The van der Waals surface area contributed by atoms with E-state index in [2.05, 4.69) is 11.9 Å². The quantitative estimate of drug-likeness (QED) is 0.494. The lowest BCUT2D eigenvalue weighted by Gasteiger charge is -2.09. The minimum Gasteiger partial charge on any atom is -0.494 e. The average molecular weight is 416 g/mol. The van der Waals surface area contributed by atoms with Crippen molar-refractivity contribution in [2.24, 2.45) is 0 Å². The summed E-state index contributed by atoms with van der Waals surface area (Å²) in [5.41, 5.74) is 0.421. The molecule has 0 aliphatic carbocycles. The standard InChI is InChI=1S/C21H24N2O5S/c1-4-11-27-15-6-8-16(9-7-15)28-12-10-23-13-22-19-17(20(23)24)14(3)18(29-19)21(25)26-5-2/h6-9,13H,4-5,10-12H2,1-3H3. The number of aromatic nitrogens is 2. The summed E-state index contributed by atoms with van der Waals surface area (Å²) >= 11 is 1.18. The monoisotopic (exact) mass is 416 g/mol. The molecule has 0 radical (unpaired) electrons. The van der Waals surface area contributed by atoms with Gasteiger partial charge in [-0.25, -0.2) is 9.78 Å². The molecule has 3 aromatic rings. The van der Waals surface area contributed by atoms with Crippen molar-refractivity contribution in [2.75, 3.05) is 19.8 Å². The highest BCUT2D eigenvalue weighted by atomic mass is 32.1. The van der Waals surface area contributed by atoms with Gasteiger partial charge >= 0.3 is 5.97 Å². The van der Waals surface area contributed by atoms with Crippen LogP contribution in [0.3, 0.4) is 0 Å². The number of rotatable bonds is 9. The first kappa shape index (κ1) is 20.9. The lowest BCUT2D eigenvalue weighted by atomic mass is 10.2. The van der Waals surface area contributed by atoms with Crippen molar-refractivity contribution < 1.29 is 19.0 Å². The van der Waals surface area contributed by atoms with Crippen LogP contribution in [-0.2, 0) is 11.3 Å². The van der Waals surface area contributed by atoms with Crippen molar-refractivity contribution in [3.8, 4) is 11.5 Å². The second-order valence-electron chi connectivity index (χ2n) is 6.37. The first-order valence-corrected chi connectivity index (χ1v) is 10.4. The molecule has 0 bridgehead atoms. The number of carbonyl (C=O) groups is 1. The van der Waals surface area contributed by atoms with Gasteiger partial charge in [-0.2, -0.15) is 0 Å². The number of esters is 1. The summed E-state index contributed by atoms with van der Waals surface area (Å²) < 4.78 is 17.8. The van der Waals surface area contributed by atoms with E-state index in [0.717, 1.165) is 12.2 Å². The molecule has 0 spiro atoms. The normalized spacial score (nSPS) is 10.9. The first-order valence-electron chi connectivity index (χ1n) is 9.56. The summed E-state index contributed by atoms with van der Waals surface area (Å²) in [4.78, 5) is 30.2. The molecule has 0 unspecified atom stereocenters. The lowest BCUT2D eigenvalue weighted by Crippen LogP contribution is -2.23. The molecule has 0 N–H and O–H groups in total. The van der Waals surface area contributed by atoms with E-state index in [1.165, 1.54) is 22.2 Å².